The van der Waals surface area contributed by atoms with Crippen LogP contribution in [0.15, 0.2) is 16.7 Å². The molecular weight excluding hydrogens is 240 g/mol. The highest BCUT2D eigenvalue weighted by molar-refractivity contribution is 5.12. The lowest BCUT2D eigenvalue weighted by Crippen LogP contribution is -2.34. The molecule has 2 heterocycles. The summed E-state index contributed by atoms with van der Waals surface area (Å²) in [6.45, 7) is 8.15. The van der Waals surface area contributed by atoms with Gasteiger partial charge in [-0.05, 0) is 44.5 Å². The summed E-state index contributed by atoms with van der Waals surface area (Å²) in [5.74, 6) is 1.82. The van der Waals surface area contributed by atoms with E-state index in [0.29, 0.717) is 0 Å². The summed E-state index contributed by atoms with van der Waals surface area (Å²) in [5, 5.41) is 3.31. The predicted octanol–water partition coefficient (Wildman–Crippen LogP) is 2.25. The first kappa shape index (κ1) is 14.6. The molecule has 1 fully saturated rings. The zero-order valence-corrected chi connectivity index (χ0v) is 12.2. The second-order valence-electron chi connectivity index (χ2n) is 5.38. The van der Waals surface area contributed by atoms with E-state index in [1.807, 2.05) is 6.26 Å². The molecule has 0 unspecified atom stereocenters. The fourth-order valence-corrected chi connectivity index (χ4v) is 2.64. The molecule has 0 bridgehead atoms. The summed E-state index contributed by atoms with van der Waals surface area (Å²) < 4.78 is 10.9. The Kier molecular flexibility index (Phi) is 5.89. The third-order valence-electron chi connectivity index (χ3n) is 3.78. The molecule has 0 aromatic carbocycles. The van der Waals surface area contributed by atoms with E-state index in [1.54, 1.807) is 7.11 Å². The molecule has 19 heavy (non-hydrogen) atoms. The van der Waals surface area contributed by atoms with Crippen molar-refractivity contribution in [1.82, 2.24) is 10.2 Å². The molecule has 0 aliphatic carbocycles. The first-order chi connectivity index (χ1) is 9.31. The van der Waals surface area contributed by atoms with Gasteiger partial charge < -0.3 is 14.5 Å². The molecule has 1 saturated heterocycles. The zero-order chi connectivity index (χ0) is 13.5. The molecule has 4 nitrogen and oxygen atoms in total. The highest BCUT2D eigenvalue weighted by Crippen LogP contribution is 2.20. The smallest absolute Gasteiger partial charge is 0.118 e. The lowest BCUT2D eigenvalue weighted by Gasteiger charge is -2.30. The highest BCUT2D eigenvalue weighted by atomic mass is 16.5. The van der Waals surface area contributed by atoms with E-state index < -0.39 is 0 Å². The van der Waals surface area contributed by atoms with Gasteiger partial charge in [0, 0.05) is 25.8 Å². The van der Waals surface area contributed by atoms with Crippen LogP contribution in [-0.2, 0) is 17.8 Å². The average molecular weight is 266 g/mol. The summed E-state index contributed by atoms with van der Waals surface area (Å²) >= 11 is 0. The van der Waals surface area contributed by atoms with Crippen LogP contribution in [0.25, 0.3) is 0 Å². The Balaban J connectivity index is 1.74. The van der Waals surface area contributed by atoms with Crippen molar-refractivity contribution in [1.29, 1.82) is 0 Å². The van der Waals surface area contributed by atoms with Gasteiger partial charge in [-0.1, -0.05) is 6.92 Å². The summed E-state index contributed by atoms with van der Waals surface area (Å²) in [4.78, 5) is 2.47. The third kappa shape index (κ3) is 4.64. The monoisotopic (exact) mass is 266 g/mol. The molecule has 1 aliphatic rings. The Labute approximate surface area is 116 Å². The van der Waals surface area contributed by atoms with E-state index in [1.165, 1.54) is 18.4 Å². The number of furan rings is 1. The fraction of sp³-hybridized carbons (Fsp3) is 0.733. The summed E-state index contributed by atoms with van der Waals surface area (Å²) in [6, 6.07) is 2.17. The molecule has 108 valence electrons. The number of methoxy groups -OCH3 is 1. The Bertz CT molecular complexity index is 357. The van der Waals surface area contributed by atoms with Crippen molar-refractivity contribution in [2.24, 2.45) is 5.92 Å². The van der Waals surface area contributed by atoms with Crippen LogP contribution in [0.5, 0.6) is 0 Å². The molecule has 0 saturated carbocycles. The van der Waals surface area contributed by atoms with Crippen LogP contribution >= 0.6 is 0 Å². The van der Waals surface area contributed by atoms with Crippen molar-refractivity contribution < 1.29 is 9.15 Å². The molecule has 1 aliphatic heterocycles. The van der Waals surface area contributed by atoms with Gasteiger partial charge in [-0.3, -0.25) is 4.90 Å². The maximum atomic E-state index is 5.63. The maximum Gasteiger partial charge on any atom is 0.118 e. The number of ether oxygens (including phenoxy) is 1. The maximum absolute atomic E-state index is 5.63. The number of likely N-dealkylation sites (tertiary alicyclic amines) is 1. The van der Waals surface area contributed by atoms with Crippen molar-refractivity contribution >= 4 is 0 Å². The van der Waals surface area contributed by atoms with Crippen molar-refractivity contribution in [3.8, 4) is 0 Å². The quantitative estimate of drug-likeness (QED) is 0.821. The lowest BCUT2D eigenvalue weighted by atomic mass is 9.98. The second-order valence-corrected chi connectivity index (χ2v) is 5.38. The summed E-state index contributed by atoms with van der Waals surface area (Å²) in [5.41, 5.74) is 1.24. The predicted molar refractivity (Wildman–Crippen MR) is 76.0 cm³/mol. The highest BCUT2D eigenvalue weighted by Gasteiger charge is 2.19. The van der Waals surface area contributed by atoms with Gasteiger partial charge in [0.15, 0.2) is 0 Å². The van der Waals surface area contributed by atoms with E-state index in [0.717, 1.165) is 51.0 Å². The standard InChI is InChI=1S/C15H26N2O2/c1-3-16-9-14-8-15(19-12-14)10-17-6-4-13(5-7-17)11-18-2/h8,12-13,16H,3-7,9-11H2,1-2H3. The summed E-state index contributed by atoms with van der Waals surface area (Å²) in [6.07, 6.45) is 4.34. The van der Waals surface area contributed by atoms with Crippen LogP contribution in [0, 0.1) is 5.92 Å². The normalized spacial score (nSPS) is 18.0. The molecule has 4 heteroatoms. The Hall–Kier alpha value is -0.840. The lowest BCUT2D eigenvalue weighted by molar-refractivity contribution is 0.0939. The molecule has 0 atom stereocenters. The molecule has 0 amide bonds. The molecule has 2 rings (SSSR count). The van der Waals surface area contributed by atoms with Gasteiger partial charge in [-0.15, -0.1) is 0 Å². The Morgan fingerprint density at radius 1 is 1.42 bits per heavy atom. The van der Waals surface area contributed by atoms with Gasteiger partial charge in [-0.2, -0.15) is 0 Å². The number of piperidine rings is 1. The van der Waals surface area contributed by atoms with Gasteiger partial charge in [0.1, 0.15) is 5.76 Å². The number of rotatable bonds is 7. The second kappa shape index (κ2) is 7.68. The topological polar surface area (TPSA) is 37.6 Å². The number of hydrogen-bond donors (Lipinski definition) is 1. The molecule has 1 N–H and O–H groups in total. The largest absolute Gasteiger partial charge is 0.468 e. The molecular formula is C15H26N2O2. The minimum absolute atomic E-state index is 0.738. The van der Waals surface area contributed by atoms with Crippen molar-refractivity contribution in [2.45, 2.75) is 32.9 Å². The molecule has 1 aromatic heterocycles. The number of nitrogens with zero attached hydrogens (tertiary/aromatic N) is 1. The van der Waals surface area contributed by atoms with E-state index in [9.17, 15) is 0 Å². The van der Waals surface area contributed by atoms with Gasteiger partial charge in [0.2, 0.25) is 0 Å². The van der Waals surface area contributed by atoms with Crippen LogP contribution in [0.3, 0.4) is 0 Å². The first-order valence-corrected chi connectivity index (χ1v) is 7.30. The molecule has 0 spiro atoms. The number of nitrogens with one attached hydrogen (secondary N) is 1. The Morgan fingerprint density at radius 3 is 2.89 bits per heavy atom. The average Bonchev–Trinajstić information content (AvgIpc) is 2.87. The van der Waals surface area contributed by atoms with Gasteiger partial charge in [0.05, 0.1) is 12.8 Å². The van der Waals surface area contributed by atoms with Crippen molar-refractivity contribution in [3.05, 3.63) is 23.7 Å². The van der Waals surface area contributed by atoms with Gasteiger partial charge >= 0.3 is 0 Å². The van der Waals surface area contributed by atoms with E-state index >= 15 is 0 Å². The van der Waals surface area contributed by atoms with Gasteiger partial charge in [-0.25, -0.2) is 0 Å². The minimum Gasteiger partial charge on any atom is -0.468 e. The zero-order valence-electron chi connectivity index (χ0n) is 12.2. The van der Waals surface area contributed by atoms with Crippen LogP contribution in [0.2, 0.25) is 0 Å². The van der Waals surface area contributed by atoms with E-state index in [-0.39, 0.29) is 0 Å². The minimum atomic E-state index is 0.738. The molecule has 1 aromatic rings. The Morgan fingerprint density at radius 2 is 2.21 bits per heavy atom. The SMILES string of the molecule is CCNCc1coc(CN2CCC(COC)CC2)c1. The molecule has 0 radical (unpaired) electrons. The van der Waals surface area contributed by atoms with Crippen molar-refractivity contribution in [3.63, 3.8) is 0 Å². The van der Waals surface area contributed by atoms with E-state index in [4.69, 9.17) is 9.15 Å². The fourth-order valence-electron chi connectivity index (χ4n) is 2.64. The van der Waals surface area contributed by atoms with Crippen LogP contribution in [0.1, 0.15) is 31.1 Å². The van der Waals surface area contributed by atoms with Gasteiger partial charge in [0.25, 0.3) is 0 Å². The first-order valence-electron chi connectivity index (χ1n) is 7.30. The van der Waals surface area contributed by atoms with Crippen LogP contribution < -0.4 is 5.32 Å². The van der Waals surface area contributed by atoms with Crippen LogP contribution in [0.4, 0.5) is 0 Å². The van der Waals surface area contributed by atoms with E-state index in [2.05, 4.69) is 23.2 Å². The van der Waals surface area contributed by atoms with Crippen molar-refractivity contribution in [2.75, 3.05) is 33.4 Å². The number of hydrogen-bond acceptors (Lipinski definition) is 4. The van der Waals surface area contributed by atoms with Crippen LogP contribution in [-0.4, -0.2) is 38.3 Å². The third-order valence-corrected chi connectivity index (χ3v) is 3.78. The summed E-state index contributed by atoms with van der Waals surface area (Å²) in [7, 11) is 1.79.